The van der Waals surface area contributed by atoms with Crippen molar-refractivity contribution in [1.29, 1.82) is 0 Å². The predicted octanol–water partition coefficient (Wildman–Crippen LogP) is 0.974. The SMILES string of the molecule is COCC1NN=C2c3cc(Cl)ccc3N(CCCN)C(=O)C21. The van der Waals surface area contributed by atoms with Crippen LogP contribution in [0.4, 0.5) is 5.69 Å². The first kappa shape index (κ1) is 15.3. The van der Waals surface area contributed by atoms with Gasteiger partial charge in [-0.05, 0) is 31.2 Å². The van der Waals surface area contributed by atoms with Gasteiger partial charge in [-0.25, -0.2) is 0 Å². The Bertz CT molecular complexity index is 620. The number of nitrogens with two attached hydrogens (primary N) is 1. The number of ether oxygens (including phenoxy) is 1. The van der Waals surface area contributed by atoms with Crippen LogP contribution >= 0.6 is 11.6 Å². The molecule has 0 fully saturated rings. The molecule has 6 nitrogen and oxygen atoms in total. The number of carbonyl (C=O) groups is 1. The molecular formula is C15H19ClN4O2. The molecule has 0 saturated carbocycles. The summed E-state index contributed by atoms with van der Waals surface area (Å²) in [5, 5.41) is 4.99. The minimum Gasteiger partial charge on any atom is -0.382 e. The van der Waals surface area contributed by atoms with Crippen LogP contribution in [0.3, 0.4) is 0 Å². The Morgan fingerprint density at radius 3 is 3.05 bits per heavy atom. The van der Waals surface area contributed by atoms with E-state index in [1.165, 1.54) is 0 Å². The molecule has 0 radical (unpaired) electrons. The van der Waals surface area contributed by atoms with Crippen LogP contribution in [0.1, 0.15) is 12.0 Å². The first-order chi connectivity index (χ1) is 10.7. The Hall–Kier alpha value is -1.63. The van der Waals surface area contributed by atoms with Crippen LogP contribution in [0.5, 0.6) is 0 Å². The fourth-order valence-electron chi connectivity index (χ4n) is 3.03. The standard InChI is InChI=1S/C15H19ClN4O2/c1-22-8-11-13-14(19-18-11)10-7-9(16)3-4-12(10)20(15(13)21)6-2-5-17/h3-4,7,11,13,18H,2,5-6,8,17H2,1H3. The van der Waals surface area contributed by atoms with Crippen LogP contribution < -0.4 is 16.1 Å². The first-order valence-electron chi connectivity index (χ1n) is 7.30. The quantitative estimate of drug-likeness (QED) is 0.846. The zero-order valence-electron chi connectivity index (χ0n) is 12.4. The lowest BCUT2D eigenvalue weighted by atomic mass is 9.85. The third-order valence-electron chi connectivity index (χ3n) is 4.04. The van der Waals surface area contributed by atoms with Crippen LogP contribution in [-0.4, -0.2) is 44.5 Å². The maximum absolute atomic E-state index is 12.9. The lowest BCUT2D eigenvalue weighted by molar-refractivity contribution is -0.121. The fraction of sp³-hybridized carbons (Fsp3) is 0.467. The maximum atomic E-state index is 12.9. The minimum absolute atomic E-state index is 0.0362. The Labute approximate surface area is 134 Å². The highest BCUT2D eigenvalue weighted by molar-refractivity contribution is 6.32. The number of benzene rings is 1. The number of hydrogen-bond donors (Lipinski definition) is 2. The molecule has 3 rings (SSSR count). The molecule has 22 heavy (non-hydrogen) atoms. The fourth-order valence-corrected chi connectivity index (χ4v) is 3.20. The molecule has 0 aliphatic carbocycles. The number of nitrogens with one attached hydrogen (secondary N) is 1. The van der Waals surface area contributed by atoms with Crippen molar-refractivity contribution in [2.45, 2.75) is 12.5 Å². The zero-order chi connectivity index (χ0) is 15.7. The van der Waals surface area contributed by atoms with E-state index in [1.54, 1.807) is 18.1 Å². The number of carbonyl (C=O) groups excluding carboxylic acids is 1. The smallest absolute Gasteiger partial charge is 0.238 e. The highest BCUT2D eigenvalue weighted by Crippen LogP contribution is 2.36. The summed E-state index contributed by atoms with van der Waals surface area (Å²) >= 11 is 6.13. The molecular weight excluding hydrogens is 304 g/mol. The molecule has 118 valence electrons. The second-order valence-electron chi connectivity index (χ2n) is 5.46. The number of hydrogen-bond acceptors (Lipinski definition) is 5. The molecule has 0 bridgehead atoms. The average molecular weight is 323 g/mol. The Kier molecular flexibility index (Phi) is 4.33. The Balaban J connectivity index is 2.03. The number of amides is 1. The molecule has 2 aliphatic rings. The molecule has 1 aromatic carbocycles. The summed E-state index contributed by atoms with van der Waals surface area (Å²) in [5.41, 5.74) is 11.1. The summed E-state index contributed by atoms with van der Waals surface area (Å²) in [7, 11) is 1.62. The molecule has 2 atom stereocenters. The molecule has 0 spiro atoms. The molecule has 0 saturated heterocycles. The minimum atomic E-state index is -0.344. The van der Waals surface area contributed by atoms with Crippen molar-refractivity contribution >= 4 is 28.9 Å². The molecule has 1 aromatic rings. The molecule has 2 aliphatic heterocycles. The Morgan fingerprint density at radius 2 is 2.32 bits per heavy atom. The van der Waals surface area contributed by atoms with Gasteiger partial charge in [0.15, 0.2) is 0 Å². The van der Waals surface area contributed by atoms with Gasteiger partial charge in [0.2, 0.25) is 5.91 Å². The number of nitrogens with zero attached hydrogens (tertiary/aromatic N) is 2. The van der Waals surface area contributed by atoms with Crippen molar-refractivity contribution < 1.29 is 9.53 Å². The lowest BCUT2D eigenvalue weighted by Crippen LogP contribution is -2.50. The van der Waals surface area contributed by atoms with Gasteiger partial charge in [0.1, 0.15) is 5.92 Å². The van der Waals surface area contributed by atoms with Crippen molar-refractivity contribution in [3.05, 3.63) is 28.8 Å². The molecule has 1 amide bonds. The molecule has 2 heterocycles. The maximum Gasteiger partial charge on any atom is 0.238 e. The van der Waals surface area contributed by atoms with Gasteiger partial charge in [0, 0.05) is 24.2 Å². The van der Waals surface area contributed by atoms with E-state index in [2.05, 4.69) is 10.5 Å². The average Bonchev–Trinajstić information content (AvgIpc) is 2.92. The van der Waals surface area contributed by atoms with Gasteiger partial charge < -0.3 is 20.8 Å². The van der Waals surface area contributed by atoms with Crippen LogP contribution in [0.2, 0.25) is 5.02 Å². The number of halogens is 1. The van der Waals surface area contributed by atoms with Gasteiger partial charge in [0.05, 0.1) is 24.0 Å². The number of hydrazone groups is 1. The normalized spacial score (nSPS) is 23.0. The second kappa shape index (κ2) is 6.24. The lowest BCUT2D eigenvalue weighted by Gasteiger charge is -2.34. The number of anilines is 1. The summed E-state index contributed by atoms with van der Waals surface area (Å²) in [4.78, 5) is 14.7. The summed E-state index contributed by atoms with van der Waals surface area (Å²) in [5.74, 6) is -0.308. The van der Waals surface area contributed by atoms with Crippen LogP contribution in [0.15, 0.2) is 23.3 Å². The number of rotatable bonds is 5. The van der Waals surface area contributed by atoms with E-state index in [0.717, 1.165) is 23.4 Å². The summed E-state index contributed by atoms with van der Waals surface area (Å²) in [6.07, 6.45) is 0.745. The summed E-state index contributed by atoms with van der Waals surface area (Å²) in [6.45, 7) is 1.55. The van der Waals surface area contributed by atoms with Gasteiger partial charge in [-0.1, -0.05) is 11.6 Å². The number of fused-ring (bicyclic) bond motifs is 3. The zero-order valence-corrected chi connectivity index (χ0v) is 13.1. The van der Waals surface area contributed by atoms with E-state index in [-0.39, 0.29) is 17.9 Å². The monoisotopic (exact) mass is 322 g/mol. The van der Waals surface area contributed by atoms with E-state index in [4.69, 9.17) is 22.1 Å². The van der Waals surface area contributed by atoms with Crippen LogP contribution in [-0.2, 0) is 9.53 Å². The van der Waals surface area contributed by atoms with Gasteiger partial charge in [-0.2, -0.15) is 5.10 Å². The molecule has 0 aromatic heterocycles. The van der Waals surface area contributed by atoms with Gasteiger partial charge in [-0.3, -0.25) is 4.79 Å². The third kappa shape index (κ3) is 2.47. The van der Waals surface area contributed by atoms with Gasteiger partial charge in [-0.15, -0.1) is 0 Å². The molecule has 2 unspecified atom stereocenters. The molecule has 7 heteroatoms. The van der Waals surface area contributed by atoms with E-state index in [9.17, 15) is 4.79 Å². The van der Waals surface area contributed by atoms with Crippen LogP contribution in [0.25, 0.3) is 0 Å². The van der Waals surface area contributed by atoms with Crippen molar-refractivity contribution in [1.82, 2.24) is 5.43 Å². The molecule has 3 N–H and O–H groups in total. The van der Waals surface area contributed by atoms with Crippen molar-refractivity contribution in [3.8, 4) is 0 Å². The van der Waals surface area contributed by atoms with Crippen molar-refractivity contribution in [2.75, 3.05) is 31.7 Å². The van der Waals surface area contributed by atoms with Crippen molar-refractivity contribution in [2.24, 2.45) is 16.8 Å². The van der Waals surface area contributed by atoms with E-state index < -0.39 is 0 Å². The number of methoxy groups -OCH3 is 1. The summed E-state index contributed by atoms with van der Waals surface area (Å²) in [6, 6.07) is 5.37. The third-order valence-corrected chi connectivity index (χ3v) is 4.27. The van der Waals surface area contributed by atoms with Gasteiger partial charge in [0.25, 0.3) is 0 Å². The van der Waals surface area contributed by atoms with E-state index >= 15 is 0 Å². The van der Waals surface area contributed by atoms with Crippen LogP contribution in [0, 0.1) is 5.92 Å². The topological polar surface area (TPSA) is 79.9 Å². The van der Waals surface area contributed by atoms with Crippen molar-refractivity contribution in [3.63, 3.8) is 0 Å². The van der Waals surface area contributed by atoms with E-state index in [1.807, 2.05) is 12.1 Å². The largest absolute Gasteiger partial charge is 0.382 e. The highest BCUT2D eigenvalue weighted by Gasteiger charge is 2.45. The highest BCUT2D eigenvalue weighted by atomic mass is 35.5. The van der Waals surface area contributed by atoms with Gasteiger partial charge >= 0.3 is 0 Å². The second-order valence-corrected chi connectivity index (χ2v) is 5.90. The summed E-state index contributed by atoms with van der Waals surface area (Å²) < 4.78 is 5.20. The Morgan fingerprint density at radius 1 is 1.50 bits per heavy atom. The first-order valence-corrected chi connectivity index (χ1v) is 7.68. The van der Waals surface area contributed by atoms with E-state index in [0.29, 0.717) is 24.7 Å². The predicted molar refractivity (Wildman–Crippen MR) is 86.3 cm³/mol.